The molecule has 2 aromatic carbocycles. The van der Waals surface area contributed by atoms with Gasteiger partial charge in [-0.25, -0.2) is 9.37 Å². The van der Waals surface area contributed by atoms with Crippen LogP contribution in [0.2, 0.25) is 10.0 Å². The molecule has 3 rings (SSSR count). The van der Waals surface area contributed by atoms with Crippen LogP contribution in [0, 0.1) is 5.82 Å². The van der Waals surface area contributed by atoms with Crippen LogP contribution in [0.15, 0.2) is 36.4 Å². The van der Waals surface area contributed by atoms with Crippen LogP contribution in [0.3, 0.4) is 0 Å². The number of nitrogens with zero attached hydrogens (tertiary/aromatic N) is 1. The fourth-order valence-electron chi connectivity index (χ4n) is 1.97. The number of halogens is 3. The Kier molecular flexibility index (Phi) is 4.89. The molecule has 0 spiro atoms. The topological polar surface area (TPSA) is 51.2 Å². The molecule has 0 radical (unpaired) electrons. The van der Waals surface area contributed by atoms with Crippen LogP contribution in [0.1, 0.15) is 6.92 Å². The Morgan fingerprint density at radius 1 is 1.29 bits per heavy atom. The summed E-state index contributed by atoms with van der Waals surface area (Å²) in [5.74, 6) is -0.381. The summed E-state index contributed by atoms with van der Waals surface area (Å²) in [6.07, 6.45) is -0.799. The second-order valence-electron chi connectivity index (χ2n) is 4.96. The van der Waals surface area contributed by atoms with Crippen molar-refractivity contribution in [3.05, 3.63) is 52.3 Å². The number of anilines is 1. The molecular formula is C16H11Cl2FN2O2S. The van der Waals surface area contributed by atoms with Gasteiger partial charge < -0.3 is 4.74 Å². The Morgan fingerprint density at radius 2 is 2.08 bits per heavy atom. The van der Waals surface area contributed by atoms with Gasteiger partial charge in [-0.3, -0.25) is 10.1 Å². The lowest BCUT2D eigenvalue weighted by Gasteiger charge is -2.14. The van der Waals surface area contributed by atoms with Gasteiger partial charge in [0.25, 0.3) is 5.91 Å². The minimum Gasteiger partial charge on any atom is -0.479 e. The van der Waals surface area contributed by atoms with E-state index in [0.29, 0.717) is 31.1 Å². The molecular weight excluding hydrogens is 374 g/mol. The molecule has 0 aliphatic rings. The predicted molar refractivity (Wildman–Crippen MR) is 94.8 cm³/mol. The number of fused-ring (bicyclic) bond motifs is 1. The van der Waals surface area contributed by atoms with E-state index in [0.717, 1.165) is 0 Å². The van der Waals surface area contributed by atoms with Gasteiger partial charge in [-0.15, -0.1) is 0 Å². The van der Waals surface area contributed by atoms with E-state index in [1.807, 2.05) is 0 Å². The maximum Gasteiger partial charge on any atom is 0.266 e. The van der Waals surface area contributed by atoms with E-state index in [-0.39, 0.29) is 11.7 Å². The molecule has 3 aromatic rings. The first-order valence-electron chi connectivity index (χ1n) is 6.91. The highest BCUT2D eigenvalue weighted by molar-refractivity contribution is 7.22. The molecule has 0 aliphatic heterocycles. The van der Waals surface area contributed by atoms with Crippen LogP contribution in [0.5, 0.6) is 5.75 Å². The van der Waals surface area contributed by atoms with Crippen LogP contribution in [-0.2, 0) is 4.79 Å². The summed E-state index contributed by atoms with van der Waals surface area (Å²) < 4.78 is 19.4. The van der Waals surface area contributed by atoms with Crippen molar-refractivity contribution in [2.45, 2.75) is 13.0 Å². The Hall–Kier alpha value is -1.89. The standard InChI is InChI=1S/C16H11Cl2FN2O2S/c1-8(23-13-5-2-9(17)6-11(13)18)15(22)21-16-20-12-4-3-10(19)7-14(12)24-16/h2-8H,1H3,(H,20,21,22). The number of carbonyl (C=O) groups excluding carboxylic acids is 1. The minimum atomic E-state index is -0.799. The van der Waals surface area contributed by atoms with Gasteiger partial charge in [0, 0.05) is 5.02 Å². The first-order chi connectivity index (χ1) is 11.4. The second kappa shape index (κ2) is 6.93. The summed E-state index contributed by atoms with van der Waals surface area (Å²) in [5.41, 5.74) is 0.617. The zero-order chi connectivity index (χ0) is 17.3. The molecule has 1 unspecified atom stereocenters. The van der Waals surface area contributed by atoms with E-state index in [9.17, 15) is 9.18 Å². The van der Waals surface area contributed by atoms with E-state index in [4.69, 9.17) is 27.9 Å². The molecule has 8 heteroatoms. The van der Waals surface area contributed by atoms with Gasteiger partial charge in [-0.05, 0) is 43.3 Å². The fourth-order valence-corrected chi connectivity index (χ4v) is 3.32. The molecule has 0 saturated heterocycles. The van der Waals surface area contributed by atoms with Crippen LogP contribution in [0.25, 0.3) is 10.2 Å². The van der Waals surface area contributed by atoms with Crippen molar-refractivity contribution < 1.29 is 13.9 Å². The highest BCUT2D eigenvalue weighted by atomic mass is 35.5. The third-order valence-electron chi connectivity index (χ3n) is 3.15. The number of aromatic nitrogens is 1. The van der Waals surface area contributed by atoms with Gasteiger partial charge in [0.05, 0.1) is 15.2 Å². The molecule has 1 atom stereocenters. The van der Waals surface area contributed by atoms with Gasteiger partial charge in [0.1, 0.15) is 11.6 Å². The lowest BCUT2D eigenvalue weighted by atomic mass is 10.3. The Labute approximate surface area is 151 Å². The molecule has 0 saturated carbocycles. The number of amides is 1. The van der Waals surface area contributed by atoms with Crippen LogP contribution >= 0.6 is 34.5 Å². The quantitative estimate of drug-likeness (QED) is 0.676. The van der Waals surface area contributed by atoms with E-state index >= 15 is 0 Å². The number of rotatable bonds is 4. The summed E-state index contributed by atoms with van der Waals surface area (Å²) in [7, 11) is 0. The molecule has 1 heterocycles. The molecule has 1 N–H and O–H groups in total. The number of thiazole rings is 1. The molecule has 24 heavy (non-hydrogen) atoms. The third kappa shape index (κ3) is 3.77. The SMILES string of the molecule is CC(Oc1ccc(Cl)cc1Cl)C(=O)Nc1nc2ccc(F)cc2s1. The van der Waals surface area contributed by atoms with Crippen molar-refractivity contribution in [1.82, 2.24) is 4.98 Å². The summed E-state index contributed by atoms with van der Waals surface area (Å²) in [4.78, 5) is 16.5. The van der Waals surface area contributed by atoms with Crippen molar-refractivity contribution in [1.29, 1.82) is 0 Å². The first kappa shape index (κ1) is 17.0. The molecule has 4 nitrogen and oxygen atoms in total. The Bertz CT molecular complexity index is 916. The summed E-state index contributed by atoms with van der Waals surface area (Å²) in [6.45, 7) is 1.59. The zero-order valence-corrected chi connectivity index (χ0v) is 14.7. The van der Waals surface area contributed by atoms with E-state index < -0.39 is 6.10 Å². The average Bonchev–Trinajstić information content (AvgIpc) is 2.91. The van der Waals surface area contributed by atoms with Crippen LogP contribution in [-0.4, -0.2) is 17.0 Å². The zero-order valence-electron chi connectivity index (χ0n) is 12.3. The van der Waals surface area contributed by atoms with Crippen molar-refractivity contribution in [3.63, 3.8) is 0 Å². The number of ether oxygens (including phenoxy) is 1. The van der Waals surface area contributed by atoms with Crippen LogP contribution in [0.4, 0.5) is 9.52 Å². The maximum atomic E-state index is 13.2. The number of carbonyl (C=O) groups is 1. The smallest absolute Gasteiger partial charge is 0.266 e. The maximum absolute atomic E-state index is 13.2. The molecule has 0 bridgehead atoms. The lowest BCUT2D eigenvalue weighted by molar-refractivity contribution is -0.122. The van der Waals surface area contributed by atoms with E-state index in [2.05, 4.69) is 10.3 Å². The molecule has 0 aliphatic carbocycles. The number of hydrogen-bond donors (Lipinski definition) is 1. The lowest BCUT2D eigenvalue weighted by Crippen LogP contribution is -2.30. The van der Waals surface area contributed by atoms with Gasteiger partial charge in [0.2, 0.25) is 0 Å². The molecule has 124 valence electrons. The fraction of sp³-hybridized carbons (Fsp3) is 0.125. The van der Waals surface area contributed by atoms with Gasteiger partial charge in [-0.2, -0.15) is 0 Å². The normalized spacial score (nSPS) is 12.2. The van der Waals surface area contributed by atoms with Crippen molar-refractivity contribution in [3.8, 4) is 5.75 Å². The summed E-state index contributed by atoms with van der Waals surface area (Å²) in [6, 6.07) is 9.00. The van der Waals surface area contributed by atoms with Gasteiger partial charge in [-0.1, -0.05) is 34.5 Å². The predicted octanol–water partition coefficient (Wildman–Crippen LogP) is 5.15. The van der Waals surface area contributed by atoms with Gasteiger partial charge >= 0.3 is 0 Å². The number of hydrogen-bond acceptors (Lipinski definition) is 4. The first-order valence-corrected chi connectivity index (χ1v) is 8.48. The molecule has 1 amide bonds. The summed E-state index contributed by atoms with van der Waals surface area (Å²) >= 11 is 13.0. The largest absolute Gasteiger partial charge is 0.479 e. The summed E-state index contributed by atoms with van der Waals surface area (Å²) in [5, 5.41) is 3.82. The van der Waals surface area contributed by atoms with Gasteiger partial charge in [0.15, 0.2) is 11.2 Å². The van der Waals surface area contributed by atoms with Crippen LogP contribution < -0.4 is 10.1 Å². The third-order valence-corrected chi connectivity index (χ3v) is 4.61. The second-order valence-corrected chi connectivity index (χ2v) is 6.83. The molecule has 0 fully saturated rings. The highest BCUT2D eigenvalue weighted by Crippen LogP contribution is 2.29. The minimum absolute atomic E-state index is 0.317. The highest BCUT2D eigenvalue weighted by Gasteiger charge is 2.18. The molecule has 1 aromatic heterocycles. The monoisotopic (exact) mass is 384 g/mol. The van der Waals surface area contributed by atoms with Crippen molar-refractivity contribution in [2.24, 2.45) is 0 Å². The number of benzene rings is 2. The van der Waals surface area contributed by atoms with E-state index in [1.54, 1.807) is 25.1 Å². The number of nitrogens with one attached hydrogen (secondary N) is 1. The Morgan fingerprint density at radius 3 is 2.83 bits per heavy atom. The Balaban J connectivity index is 1.70. The van der Waals surface area contributed by atoms with E-state index in [1.165, 1.54) is 29.5 Å². The average molecular weight is 385 g/mol. The van der Waals surface area contributed by atoms with Crippen molar-refractivity contribution >= 4 is 55.8 Å². The van der Waals surface area contributed by atoms with Crippen molar-refractivity contribution in [2.75, 3.05) is 5.32 Å².